The molecule has 0 heterocycles. The summed E-state index contributed by atoms with van der Waals surface area (Å²) < 4.78 is 23.8. The van der Waals surface area contributed by atoms with Gasteiger partial charge in [-0.15, -0.1) is 0 Å². The van der Waals surface area contributed by atoms with Crippen molar-refractivity contribution in [2.45, 2.75) is 6.61 Å². The van der Waals surface area contributed by atoms with Crippen LogP contribution in [0.4, 0.5) is 10.1 Å². The van der Waals surface area contributed by atoms with Crippen molar-refractivity contribution < 1.29 is 18.8 Å². The third-order valence-corrected chi connectivity index (χ3v) is 3.34. The molecule has 0 saturated carbocycles. The van der Waals surface area contributed by atoms with E-state index in [1.807, 2.05) is 0 Å². The van der Waals surface area contributed by atoms with Crippen LogP contribution in [0.1, 0.15) is 5.56 Å². The van der Waals surface area contributed by atoms with Gasteiger partial charge in [-0.1, -0.05) is 6.07 Å². The van der Waals surface area contributed by atoms with Gasteiger partial charge in [0.15, 0.2) is 5.75 Å². The summed E-state index contributed by atoms with van der Waals surface area (Å²) in [6.07, 6.45) is 0. The molecule has 0 atom stereocenters. The minimum Gasteiger partial charge on any atom is -0.490 e. The summed E-state index contributed by atoms with van der Waals surface area (Å²) in [5.41, 5.74) is 0.488. The number of nitro benzene ring substituents is 1. The van der Waals surface area contributed by atoms with Crippen LogP contribution in [0, 0.1) is 15.9 Å². The Hall–Kier alpha value is -2.15. The van der Waals surface area contributed by atoms with Gasteiger partial charge in [-0.3, -0.25) is 10.1 Å². The summed E-state index contributed by atoms with van der Waals surface area (Å²) in [5.74, 6) is 0.262. The van der Waals surface area contributed by atoms with Crippen LogP contribution in [0.3, 0.4) is 0 Å². The third kappa shape index (κ3) is 3.69. The summed E-state index contributed by atoms with van der Waals surface area (Å²) in [6.45, 7) is 0.128. The Morgan fingerprint density at radius 2 is 2.05 bits per heavy atom. The molecular weight excluding hydrogens is 345 g/mol. The first kappa shape index (κ1) is 15.2. The zero-order valence-electron chi connectivity index (χ0n) is 11.0. The summed E-state index contributed by atoms with van der Waals surface area (Å²) in [6, 6.07) is 8.82. The molecule has 0 N–H and O–H groups in total. The van der Waals surface area contributed by atoms with Gasteiger partial charge in [-0.25, -0.2) is 4.39 Å². The Balaban J connectivity index is 2.14. The number of benzene rings is 2. The second kappa shape index (κ2) is 6.53. The average molecular weight is 356 g/mol. The van der Waals surface area contributed by atoms with E-state index in [2.05, 4.69) is 15.9 Å². The van der Waals surface area contributed by atoms with Gasteiger partial charge in [0.2, 0.25) is 0 Å². The van der Waals surface area contributed by atoms with E-state index in [0.717, 1.165) is 0 Å². The normalized spacial score (nSPS) is 10.2. The molecule has 2 aromatic rings. The van der Waals surface area contributed by atoms with E-state index in [1.165, 1.54) is 37.4 Å². The van der Waals surface area contributed by atoms with Crippen molar-refractivity contribution in [1.82, 2.24) is 0 Å². The molecule has 0 aliphatic rings. The number of hydrogen-bond donors (Lipinski definition) is 0. The molecule has 0 spiro atoms. The molecule has 0 unspecified atom stereocenters. The van der Waals surface area contributed by atoms with Crippen LogP contribution in [0.5, 0.6) is 11.5 Å². The Morgan fingerprint density at radius 1 is 1.29 bits per heavy atom. The Morgan fingerprint density at radius 3 is 2.67 bits per heavy atom. The van der Waals surface area contributed by atoms with Gasteiger partial charge in [0, 0.05) is 6.07 Å². The highest BCUT2D eigenvalue weighted by Crippen LogP contribution is 2.28. The number of halogens is 2. The molecule has 0 amide bonds. The zero-order chi connectivity index (χ0) is 15.4. The van der Waals surface area contributed by atoms with E-state index < -0.39 is 4.92 Å². The lowest BCUT2D eigenvalue weighted by Crippen LogP contribution is -1.99. The lowest BCUT2D eigenvalue weighted by molar-refractivity contribution is -0.385. The van der Waals surface area contributed by atoms with Crippen LogP contribution in [-0.4, -0.2) is 12.0 Å². The fourth-order valence-corrected chi connectivity index (χ4v) is 2.06. The van der Waals surface area contributed by atoms with E-state index in [1.54, 1.807) is 6.07 Å². The highest BCUT2D eigenvalue weighted by molar-refractivity contribution is 9.10. The molecule has 7 heteroatoms. The van der Waals surface area contributed by atoms with Crippen molar-refractivity contribution in [2.24, 2.45) is 0 Å². The summed E-state index contributed by atoms with van der Waals surface area (Å²) in [5, 5.41) is 10.9. The predicted octanol–water partition coefficient (Wildman–Crippen LogP) is 4.08. The first-order chi connectivity index (χ1) is 10.0. The lowest BCUT2D eigenvalue weighted by atomic mass is 10.2. The van der Waals surface area contributed by atoms with Gasteiger partial charge in [0.25, 0.3) is 0 Å². The maximum Gasteiger partial charge on any atom is 0.311 e. The van der Waals surface area contributed by atoms with Crippen molar-refractivity contribution in [3.63, 3.8) is 0 Å². The summed E-state index contributed by atoms with van der Waals surface area (Å²) >= 11 is 3.06. The molecule has 0 saturated heterocycles. The minimum absolute atomic E-state index is 0.126. The molecule has 2 aromatic carbocycles. The van der Waals surface area contributed by atoms with Gasteiger partial charge in [-0.2, -0.15) is 0 Å². The van der Waals surface area contributed by atoms with E-state index >= 15 is 0 Å². The second-order valence-electron chi connectivity index (χ2n) is 4.13. The largest absolute Gasteiger partial charge is 0.490 e. The molecule has 0 fully saturated rings. The van der Waals surface area contributed by atoms with Gasteiger partial charge in [-0.05, 0) is 45.8 Å². The molecule has 0 aliphatic heterocycles. The molecule has 0 aromatic heterocycles. The van der Waals surface area contributed by atoms with Crippen LogP contribution in [0.2, 0.25) is 0 Å². The van der Waals surface area contributed by atoms with Crippen LogP contribution in [0.15, 0.2) is 40.9 Å². The number of hydrogen-bond acceptors (Lipinski definition) is 4. The Kier molecular flexibility index (Phi) is 4.74. The number of ether oxygens (including phenoxy) is 2. The first-order valence-corrected chi connectivity index (χ1v) is 6.69. The highest BCUT2D eigenvalue weighted by Gasteiger charge is 2.15. The Bertz CT molecular complexity index is 678. The summed E-state index contributed by atoms with van der Waals surface area (Å²) in [4.78, 5) is 10.4. The summed E-state index contributed by atoms with van der Waals surface area (Å²) in [7, 11) is 1.37. The zero-order valence-corrected chi connectivity index (χ0v) is 12.6. The Labute approximate surface area is 128 Å². The lowest BCUT2D eigenvalue weighted by Gasteiger charge is -2.08. The van der Waals surface area contributed by atoms with Crippen molar-refractivity contribution in [1.29, 1.82) is 0 Å². The minimum atomic E-state index is -0.517. The maximum absolute atomic E-state index is 13.1. The molecule has 0 radical (unpaired) electrons. The van der Waals surface area contributed by atoms with Crippen LogP contribution in [0.25, 0.3) is 0 Å². The van der Waals surface area contributed by atoms with Crippen molar-refractivity contribution in [3.05, 3.63) is 62.4 Å². The first-order valence-electron chi connectivity index (χ1n) is 5.90. The standard InChI is InChI=1S/C14H11BrFNO4/c1-20-14-5-2-9(6-13(14)17(18)19)8-21-10-3-4-12(16)11(15)7-10/h2-7H,8H2,1H3. The van der Waals surface area contributed by atoms with Crippen LogP contribution >= 0.6 is 15.9 Å². The number of rotatable bonds is 5. The van der Waals surface area contributed by atoms with E-state index in [-0.39, 0.29) is 23.9 Å². The molecular formula is C14H11BrFNO4. The predicted molar refractivity (Wildman–Crippen MR) is 78.1 cm³/mol. The fourth-order valence-electron chi connectivity index (χ4n) is 1.70. The molecule has 2 rings (SSSR count). The van der Waals surface area contributed by atoms with E-state index in [9.17, 15) is 14.5 Å². The monoisotopic (exact) mass is 355 g/mol. The number of nitro groups is 1. The van der Waals surface area contributed by atoms with Gasteiger partial charge in [0.1, 0.15) is 18.2 Å². The average Bonchev–Trinajstić information content (AvgIpc) is 2.48. The van der Waals surface area contributed by atoms with Crippen molar-refractivity contribution >= 4 is 21.6 Å². The van der Waals surface area contributed by atoms with Crippen molar-refractivity contribution in [3.8, 4) is 11.5 Å². The second-order valence-corrected chi connectivity index (χ2v) is 4.98. The number of methoxy groups -OCH3 is 1. The number of nitrogens with zero attached hydrogens (tertiary/aromatic N) is 1. The van der Waals surface area contributed by atoms with Gasteiger partial charge < -0.3 is 9.47 Å². The highest BCUT2D eigenvalue weighted by atomic mass is 79.9. The third-order valence-electron chi connectivity index (χ3n) is 2.74. The van der Waals surface area contributed by atoms with E-state index in [0.29, 0.717) is 15.8 Å². The quantitative estimate of drug-likeness (QED) is 0.598. The smallest absolute Gasteiger partial charge is 0.311 e. The molecule has 21 heavy (non-hydrogen) atoms. The maximum atomic E-state index is 13.1. The molecule has 5 nitrogen and oxygen atoms in total. The van der Waals surface area contributed by atoms with Crippen LogP contribution < -0.4 is 9.47 Å². The fraction of sp³-hybridized carbons (Fsp3) is 0.143. The topological polar surface area (TPSA) is 61.6 Å². The SMILES string of the molecule is COc1ccc(COc2ccc(F)c(Br)c2)cc1[N+](=O)[O-]. The molecule has 110 valence electrons. The van der Waals surface area contributed by atoms with Crippen molar-refractivity contribution in [2.75, 3.05) is 7.11 Å². The van der Waals surface area contributed by atoms with Gasteiger partial charge >= 0.3 is 5.69 Å². The van der Waals surface area contributed by atoms with Gasteiger partial charge in [0.05, 0.1) is 16.5 Å². The van der Waals surface area contributed by atoms with Crippen LogP contribution in [-0.2, 0) is 6.61 Å². The molecule has 0 aliphatic carbocycles. The molecule has 0 bridgehead atoms. The van der Waals surface area contributed by atoms with E-state index in [4.69, 9.17) is 9.47 Å².